The van der Waals surface area contributed by atoms with Gasteiger partial charge in [0.1, 0.15) is 31.0 Å². The van der Waals surface area contributed by atoms with E-state index >= 15 is 0 Å². The molecule has 366 valence electrons. The summed E-state index contributed by atoms with van der Waals surface area (Å²) in [6.07, 6.45) is 45.7. The molecule has 0 radical (unpaired) electrons. The predicted octanol–water partition coefficient (Wildman–Crippen LogP) is 12.0. The van der Waals surface area contributed by atoms with Crippen LogP contribution in [0.15, 0.2) is 48.6 Å². The third-order valence-corrected chi connectivity index (χ3v) is 11.7. The van der Waals surface area contributed by atoms with E-state index in [-0.39, 0.29) is 26.1 Å². The van der Waals surface area contributed by atoms with E-state index in [0.717, 1.165) is 44.9 Å². The van der Waals surface area contributed by atoms with Crippen molar-refractivity contribution in [2.24, 2.45) is 0 Å². The highest BCUT2D eigenvalue weighted by molar-refractivity contribution is 5.70. The fraction of sp³-hybridized carbons (Fsp3) is 0.811. The number of aliphatic hydroxyl groups excluding tert-OH is 4. The molecule has 6 atom stereocenters. The van der Waals surface area contributed by atoms with Crippen molar-refractivity contribution in [3.8, 4) is 0 Å². The first kappa shape index (κ1) is 58.7. The second-order valence-electron chi connectivity index (χ2n) is 17.6. The summed E-state index contributed by atoms with van der Waals surface area (Å²) in [5, 5.41) is 40.2. The number of rotatable bonds is 43. The second kappa shape index (κ2) is 43.5. The van der Waals surface area contributed by atoms with Crippen LogP contribution in [0.5, 0.6) is 0 Å². The number of carbonyl (C=O) groups is 2. The lowest BCUT2D eigenvalue weighted by Gasteiger charge is -2.39. The molecule has 0 aromatic rings. The molecule has 2 unspecified atom stereocenters. The van der Waals surface area contributed by atoms with Gasteiger partial charge in [0.25, 0.3) is 0 Å². The lowest BCUT2D eigenvalue weighted by atomic mass is 9.99. The first-order valence-corrected chi connectivity index (χ1v) is 25.7. The van der Waals surface area contributed by atoms with E-state index in [9.17, 15) is 30.0 Å². The van der Waals surface area contributed by atoms with E-state index in [2.05, 4.69) is 62.5 Å². The largest absolute Gasteiger partial charge is 0.462 e. The molecule has 10 heteroatoms. The number of esters is 2. The quantitative estimate of drug-likeness (QED) is 0.0264. The van der Waals surface area contributed by atoms with Crippen molar-refractivity contribution < 1.29 is 49.0 Å². The van der Waals surface area contributed by atoms with Crippen LogP contribution in [0.3, 0.4) is 0 Å². The molecule has 1 aliphatic rings. The van der Waals surface area contributed by atoms with Gasteiger partial charge in [-0.25, -0.2) is 0 Å². The summed E-state index contributed by atoms with van der Waals surface area (Å²) in [4.78, 5) is 25.4. The van der Waals surface area contributed by atoms with Crippen molar-refractivity contribution in [2.75, 3.05) is 19.8 Å². The lowest BCUT2D eigenvalue weighted by molar-refractivity contribution is -0.305. The van der Waals surface area contributed by atoms with Crippen molar-refractivity contribution in [2.45, 2.75) is 256 Å². The highest BCUT2D eigenvalue weighted by Gasteiger charge is 2.44. The first-order chi connectivity index (χ1) is 30.8. The number of aliphatic hydroxyl groups is 4. The zero-order chi connectivity index (χ0) is 45.9. The van der Waals surface area contributed by atoms with Gasteiger partial charge in [-0.1, -0.05) is 184 Å². The molecule has 0 aromatic carbocycles. The average molecular weight is 891 g/mol. The van der Waals surface area contributed by atoms with Crippen molar-refractivity contribution in [1.29, 1.82) is 0 Å². The Kier molecular flexibility index (Phi) is 40.6. The zero-order valence-corrected chi connectivity index (χ0v) is 40.1. The summed E-state index contributed by atoms with van der Waals surface area (Å²) >= 11 is 0. The Morgan fingerprint density at radius 2 is 0.905 bits per heavy atom. The standard InChI is InChI=1S/C53H94O10/c1-3-5-7-9-11-13-15-17-19-20-21-22-23-24-25-26-28-30-32-34-36-38-40-42-49(56)62-46(45-61-53-52(59)51(58)50(57)47(43-54)63-53)44-60-48(55)41-39-37-35-33-31-29-27-18-16-14-12-10-8-6-4-2/h12,14,18,27,31,33-34,36,46-47,50-54,57-59H,3-11,13,15-17,19-26,28-30,32,35,37-45H2,1-2H3/b14-12+,27-18+,33-31+,36-34+/t46-,47-,50+,51?,52?,53-/m1/s1. The van der Waals surface area contributed by atoms with E-state index in [1.54, 1.807) is 0 Å². The maximum atomic E-state index is 12.8. The molecule has 0 amide bonds. The van der Waals surface area contributed by atoms with Gasteiger partial charge in [-0.3, -0.25) is 9.59 Å². The summed E-state index contributed by atoms with van der Waals surface area (Å²) in [5.41, 5.74) is 0. The Balaban J connectivity index is 2.28. The molecule has 1 aliphatic heterocycles. The highest BCUT2D eigenvalue weighted by Crippen LogP contribution is 2.23. The summed E-state index contributed by atoms with van der Waals surface area (Å²) in [5.74, 6) is -0.885. The van der Waals surface area contributed by atoms with Crippen LogP contribution >= 0.6 is 0 Å². The van der Waals surface area contributed by atoms with Crippen molar-refractivity contribution in [1.82, 2.24) is 0 Å². The molecule has 1 fully saturated rings. The highest BCUT2D eigenvalue weighted by atomic mass is 16.7. The fourth-order valence-electron chi connectivity index (χ4n) is 7.61. The van der Waals surface area contributed by atoms with Gasteiger partial charge in [0, 0.05) is 12.8 Å². The monoisotopic (exact) mass is 891 g/mol. The van der Waals surface area contributed by atoms with Crippen LogP contribution in [0.2, 0.25) is 0 Å². The maximum Gasteiger partial charge on any atom is 0.306 e. The minimum atomic E-state index is -1.61. The smallest absolute Gasteiger partial charge is 0.306 e. The Hall–Kier alpha value is -2.34. The van der Waals surface area contributed by atoms with Gasteiger partial charge in [-0.2, -0.15) is 0 Å². The van der Waals surface area contributed by atoms with Gasteiger partial charge in [0.05, 0.1) is 13.2 Å². The average Bonchev–Trinajstić information content (AvgIpc) is 3.28. The Labute approximate surface area is 384 Å². The van der Waals surface area contributed by atoms with Gasteiger partial charge in [-0.15, -0.1) is 0 Å². The molecule has 10 nitrogen and oxygen atoms in total. The van der Waals surface area contributed by atoms with Gasteiger partial charge in [-0.05, 0) is 70.6 Å². The van der Waals surface area contributed by atoms with Gasteiger partial charge >= 0.3 is 11.9 Å². The molecule has 0 aliphatic carbocycles. The summed E-state index contributed by atoms with van der Waals surface area (Å²) in [6.45, 7) is 3.35. The van der Waals surface area contributed by atoms with E-state index in [0.29, 0.717) is 12.8 Å². The lowest BCUT2D eigenvalue weighted by Crippen LogP contribution is -2.59. The minimum Gasteiger partial charge on any atom is -0.462 e. The molecule has 1 rings (SSSR count). The van der Waals surface area contributed by atoms with Crippen LogP contribution < -0.4 is 0 Å². The minimum absolute atomic E-state index is 0.174. The Morgan fingerprint density at radius 1 is 0.492 bits per heavy atom. The molecule has 0 aromatic heterocycles. The number of carbonyl (C=O) groups excluding carboxylic acids is 2. The van der Waals surface area contributed by atoms with Crippen molar-refractivity contribution in [3.63, 3.8) is 0 Å². The third kappa shape index (κ3) is 34.6. The molecule has 0 bridgehead atoms. The van der Waals surface area contributed by atoms with Crippen molar-refractivity contribution in [3.05, 3.63) is 48.6 Å². The molecular formula is C53H94O10. The van der Waals surface area contributed by atoms with Crippen LogP contribution in [0.4, 0.5) is 0 Å². The molecule has 0 saturated carbocycles. The number of unbranched alkanes of at least 4 members (excludes halogenated alkanes) is 24. The molecule has 1 saturated heterocycles. The number of allylic oxidation sites excluding steroid dienone is 8. The molecule has 4 N–H and O–H groups in total. The fourth-order valence-corrected chi connectivity index (χ4v) is 7.61. The summed E-state index contributed by atoms with van der Waals surface area (Å²) in [7, 11) is 0. The third-order valence-electron chi connectivity index (χ3n) is 11.7. The van der Waals surface area contributed by atoms with Gasteiger partial charge < -0.3 is 39.4 Å². The van der Waals surface area contributed by atoms with Crippen LogP contribution in [0, 0.1) is 0 Å². The normalized spacial score (nSPS) is 19.9. The maximum absolute atomic E-state index is 12.8. The van der Waals surface area contributed by atoms with E-state index < -0.39 is 55.4 Å². The second-order valence-corrected chi connectivity index (χ2v) is 17.6. The van der Waals surface area contributed by atoms with Gasteiger partial charge in [0.15, 0.2) is 12.4 Å². The number of hydrogen-bond acceptors (Lipinski definition) is 10. The van der Waals surface area contributed by atoms with E-state index in [1.165, 1.54) is 135 Å². The summed E-state index contributed by atoms with van der Waals surface area (Å²) < 4.78 is 22.1. The molecule has 63 heavy (non-hydrogen) atoms. The van der Waals surface area contributed by atoms with Crippen molar-refractivity contribution >= 4 is 11.9 Å². The van der Waals surface area contributed by atoms with Crippen LogP contribution in [-0.4, -0.2) is 89.0 Å². The van der Waals surface area contributed by atoms with E-state index in [1.807, 2.05) is 0 Å². The van der Waals surface area contributed by atoms with Gasteiger partial charge in [0.2, 0.25) is 0 Å². The van der Waals surface area contributed by atoms with E-state index in [4.69, 9.17) is 18.9 Å². The Bertz CT molecular complexity index is 1170. The zero-order valence-electron chi connectivity index (χ0n) is 40.1. The molecule has 1 heterocycles. The van der Waals surface area contributed by atoms with Crippen LogP contribution in [0.25, 0.3) is 0 Å². The molecular weight excluding hydrogens is 797 g/mol. The predicted molar refractivity (Wildman–Crippen MR) is 256 cm³/mol. The van der Waals surface area contributed by atoms with Crippen LogP contribution in [-0.2, 0) is 28.5 Å². The number of ether oxygens (including phenoxy) is 4. The summed E-state index contributed by atoms with van der Waals surface area (Å²) in [6, 6.07) is 0. The van der Waals surface area contributed by atoms with Crippen LogP contribution in [0.1, 0.15) is 219 Å². The first-order valence-electron chi connectivity index (χ1n) is 25.7. The SMILES string of the molecule is CCCCC/C=C/C/C=C/C/C=C/CCCCC(=O)OC[C@H](CO[C@@H]1O[C@H](CO)[C@H](O)C(O)C1O)OC(=O)CCC/C=C/CCCCCCCCCCCCCCCCCCCC. The topological polar surface area (TPSA) is 152 Å². The molecule has 0 spiro atoms. The Morgan fingerprint density at radius 3 is 1.43 bits per heavy atom. The number of hydrogen-bond donors (Lipinski definition) is 4.